The zero-order valence-corrected chi connectivity index (χ0v) is 9.86. The van der Waals surface area contributed by atoms with E-state index in [1.165, 1.54) is 0 Å². The highest BCUT2D eigenvalue weighted by Crippen LogP contribution is 2.09. The van der Waals surface area contributed by atoms with Crippen molar-refractivity contribution in [3.63, 3.8) is 0 Å². The Morgan fingerprint density at radius 3 is 2.94 bits per heavy atom. The van der Waals surface area contributed by atoms with E-state index in [-0.39, 0.29) is 6.04 Å². The normalized spacial score (nSPS) is 12.9. The first-order chi connectivity index (χ1) is 7.65. The fourth-order valence-electron chi connectivity index (χ4n) is 1.59. The lowest BCUT2D eigenvalue weighted by Gasteiger charge is -2.09. The molecule has 0 aliphatic heterocycles. The van der Waals surface area contributed by atoms with Crippen LogP contribution in [0.5, 0.6) is 0 Å². The highest BCUT2D eigenvalue weighted by Gasteiger charge is 2.08. The molecular formula is C11H17N5. The lowest BCUT2D eigenvalue weighted by atomic mass is 10.2. The number of H-pyrrole nitrogens is 1. The second kappa shape index (κ2) is 4.49. The molecule has 0 aliphatic carbocycles. The van der Waals surface area contributed by atoms with Crippen LogP contribution in [0.4, 0.5) is 0 Å². The van der Waals surface area contributed by atoms with E-state index in [4.69, 9.17) is 0 Å². The number of hydrogen-bond donors (Lipinski definition) is 2. The van der Waals surface area contributed by atoms with Crippen LogP contribution in [-0.4, -0.2) is 20.0 Å². The zero-order chi connectivity index (χ0) is 11.5. The molecule has 0 bridgehead atoms. The molecule has 0 saturated carbocycles. The van der Waals surface area contributed by atoms with Crippen molar-refractivity contribution in [2.45, 2.75) is 26.4 Å². The van der Waals surface area contributed by atoms with Crippen molar-refractivity contribution in [3.05, 3.63) is 35.4 Å². The molecule has 2 aromatic heterocycles. The van der Waals surface area contributed by atoms with Gasteiger partial charge in [-0.15, -0.1) is 0 Å². The molecule has 5 nitrogen and oxygen atoms in total. The van der Waals surface area contributed by atoms with Gasteiger partial charge in [0.15, 0.2) is 0 Å². The van der Waals surface area contributed by atoms with Crippen LogP contribution in [0.15, 0.2) is 18.3 Å². The maximum Gasteiger partial charge on any atom is 0.0791 e. The molecule has 0 radical (unpaired) electrons. The molecule has 0 aliphatic rings. The summed E-state index contributed by atoms with van der Waals surface area (Å²) in [6, 6.07) is 4.30. The van der Waals surface area contributed by atoms with Crippen LogP contribution in [-0.2, 0) is 13.6 Å². The van der Waals surface area contributed by atoms with Gasteiger partial charge in [0.25, 0.3) is 0 Å². The van der Waals surface area contributed by atoms with Crippen molar-refractivity contribution in [1.29, 1.82) is 0 Å². The minimum Gasteiger partial charge on any atom is -0.303 e. The maximum absolute atomic E-state index is 4.35. The summed E-state index contributed by atoms with van der Waals surface area (Å²) in [5, 5.41) is 14.8. The fourth-order valence-corrected chi connectivity index (χ4v) is 1.59. The van der Waals surface area contributed by atoms with Crippen molar-refractivity contribution in [1.82, 2.24) is 25.3 Å². The Morgan fingerprint density at radius 2 is 2.38 bits per heavy atom. The van der Waals surface area contributed by atoms with Gasteiger partial charge in [0.05, 0.1) is 11.4 Å². The smallest absolute Gasteiger partial charge is 0.0791 e. The van der Waals surface area contributed by atoms with Crippen LogP contribution in [0, 0.1) is 6.92 Å². The van der Waals surface area contributed by atoms with Crippen LogP contribution < -0.4 is 5.32 Å². The van der Waals surface area contributed by atoms with Gasteiger partial charge >= 0.3 is 0 Å². The van der Waals surface area contributed by atoms with E-state index >= 15 is 0 Å². The minimum atomic E-state index is 0.234. The summed E-state index contributed by atoms with van der Waals surface area (Å²) >= 11 is 0. The summed E-state index contributed by atoms with van der Waals surface area (Å²) in [5.41, 5.74) is 3.16. The molecular weight excluding hydrogens is 202 g/mol. The summed E-state index contributed by atoms with van der Waals surface area (Å²) in [5.74, 6) is 0. The van der Waals surface area contributed by atoms with Gasteiger partial charge in [0, 0.05) is 31.5 Å². The average Bonchev–Trinajstić information content (AvgIpc) is 2.84. The third kappa shape index (κ3) is 2.49. The summed E-state index contributed by atoms with van der Waals surface area (Å²) in [6.07, 6.45) is 1.95. The van der Waals surface area contributed by atoms with Gasteiger partial charge < -0.3 is 5.32 Å². The molecule has 5 heteroatoms. The number of aromatic nitrogens is 4. The van der Waals surface area contributed by atoms with Crippen LogP contribution in [0.25, 0.3) is 0 Å². The molecule has 1 unspecified atom stereocenters. The van der Waals surface area contributed by atoms with E-state index in [1.54, 1.807) is 0 Å². The number of aromatic amines is 1. The Labute approximate surface area is 94.9 Å². The Balaban J connectivity index is 1.91. The Hall–Kier alpha value is -1.62. The number of aryl methyl sites for hydroxylation is 2. The molecule has 2 aromatic rings. The third-order valence-electron chi connectivity index (χ3n) is 2.53. The highest BCUT2D eigenvalue weighted by atomic mass is 15.3. The first kappa shape index (κ1) is 10.9. The van der Waals surface area contributed by atoms with Crippen LogP contribution in [0.3, 0.4) is 0 Å². The van der Waals surface area contributed by atoms with Crippen molar-refractivity contribution >= 4 is 0 Å². The van der Waals surface area contributed by atoms with E-state index in [2.05, 4.69) is 27.5 Å². The summed E-state index contributed by atoms with van der Waals surface area (Å²) in [7, 11) is 1.92. The third-order valence-corrected chi connectivity index (χ3v) is 2.53. The monoisotopic (exact) mass is 219 g/mol. The van der Waals surface area contributed by atoms with Crippen LogP contribution in [0.2, 0.25) is 0 Å². The number of hydrogen-bond acceptors (Lipinski definition) is 3. The lowest BCUT2D eigenvalue weighted by Crippen LogP contribution is -2.18. The maximum atomic E-state index is 4.35. The second-order valence-electron chi connectivity index (χ2n) is 4.06. The zero-order valence-electron chi connectivity index (χ0n) is 9.86. The molecule has 1 atom stereocenters. The highest BCUT2D eigenvalue weighted by molar-refractivity contribution is 5.08. The van der Waals surface area contributed by atoms with E-state index in [0.29, 0.717) is 0 Å². The quantitative estimate of drug-likeness (QED) is 0.815. The molecule has 2 N–H and O–H groups in total. The molecule has 0 fully saturated rings. The van der Waals surface area contributed by atoms with Gasteiger partial charge in [-0.2, -0.15) is 10.2 Å². The molecule has 0 spiro atoms. The van der Waals surface area contributed by atoms with E-state index in [9.17, 15) is 0 Å². The second-order valence-corrected chi connectivity index (χ2v) is 4.06. The van der Waals surface area contributed by atoms with E-state index < -0.39 is 0 Å². The molecule has 0 aromatic carbocycles. The largest absolute Gasteiger partial charge is 0.303 e. The van der Waals surface area contributed by atoms with E-state index in [0.717, 1.165) is 23.6 Å². The summed E-state index contributed by atoms with van der Waals surface area (Å²) in [6.45, 7) is 4.85. The number of rotatable bonds is 4. The average molecular weight is 219 g/mol. The predicted octanol–water partition coefficient (Wildman–Crippen LogP) is 1.30. The topological polar surface area (TPSA) is 58.5 Å². The van der Waals surface area contributed by atoms with E-state index in [1.807, 2.05) is 37.0 Å². The van der Waals surface area contributed by atoms with Crippen molar-refractivity contribution in [3.8, 4) is 0 Å². The van der Waals surface area contributed by atoms with Gasteiger partial charge in [0.1, 0.15) is 0 Å². The summed E-state index contributed by atoms with van der Waals surface area (Å²) < 4.78 is 1.81. The number of nitrogens with zero attached hydrogens (tertiary/aromatic N) is 3. The van der Waals surface area contributed by atoms with Crippen LogP contribution in [0.1, 0.15) is 30.0 Å². The Morgan fingerprint density at radius 1 is 1.56 bits per heavy atom. The number of nitrogens with one attached hydrogen (secondary N) is 2. The van der Waals surface area contributed by atoms with Crippen molar-refractivity contribution < 1.29 is 0 Å². The standard InChI is InChI=1S/C11H17N5/c1-8-6-10(14-13-8)7-12-9(2)11-4-5-16(3)15-11/h4-6,9,12H,7H2,1-3H3,(H,13,14). The fraction of sp³-hybridized carbons (Fsp3) is 0.455. The van der Waals surface area contributed by atoms with Gasteiger partial charge in [-0.25, -0.2) is 0 Å². The molecule has 16 heavy (non-hydrogen) atoms. The predicted molar refractivity (Wildman–Crippen MR) is 61.8 cm³/mol. The minimum absolute atomic E-state index is 0.234. The van der Waals surface area contributed by atoms with Gasteiger partial charge in [-0.3, -0.25) is 9.78 Å². The molecule has 2 heterocycles. The van der Waals surface area contributed by atoms with Crippen LogP contribution >= 0.6 is 0 Å². The van der Waals surface area contributed by atoms with Gasteiger partial charge in [-0.05, 0) is 26.0 Å². The molecule has 86 valence electrons. The van der Waals surface area contributed by atoms with Crippen molar-refractivity contribution in [2.24, 2.45) is 7.05 Å². The summed E-state index contributed by atoms with van der Waals surface area (Å²) in [4.78, 5) is 0. The molecule has 2 rings (SSSR count). The van der Waals surface area contributed by atoms with Gasteiger partial charge in [0.2, 0.25) is 0 Å². The molecule has 0 amide bonds. The molecule has 0 saturated heterocycles. The first-order valence-corrected chi connectivity index (χ1v) is 5.39. The van der Waals surface area contributed by atoms with Gasteiger partial charge in [-0.1, -0.05) is 0 Å². The first-order valence-electron chi connectivity index (χ1n) is 5.39. The Kier molecular flexibility index (Phi) is 3.05. The van der Waals surface area contributed by atoms with Crippen molar-refractivity contribution in [2.75, 3.05) is 0 Å². The Bertz CT molecular complexity index is 456. The SMILES string of the molecule is Cc1cc(CNC(C)c2ccn(C)n2)n[nH]1. The lowest BCUT2D eigenvalue weighted by molar-refractivity contribution is 0.545.